The summed E-state index contributed by atoms with van der Waals surface area (Å²) >= 11 is 0. The maximum absolute atomic E-state index is 13.1. The van der Waals surface area contributed by atoms with Gasteiger partial charge in [-0.05, 0) is 19.1 Å². The topological polar surface area (TPSA) is 78.9 Å². The van der Waals surface area contributed by atoms with Gasteiger partial charge in [-0.3, -0.25) is 9.59 Å². The van der Waals surface area contributed by atoms with E-state index in [4.69, 9.17) is 14.2 Å². The molecule has 0 amide bonds. The summed E-state index contributed by atoms with van der Waals surface area (Å²) in [6, 6.07) is 8.18. The van der Waals surface area contributed by atoms with Crippen molar-refractivity contribution < 1.29 is 28.6 Å². The van der Waals surface area contributed by atoms with Gasteiger partial charge in [-0.25, -0.2) is 4.79 Å². The van der Waals surface area contributed by atoms with Crippen LogP contribution < -0.4 is 9.47 Å². The van der Waals surface area contributed by atoms with Crippen LogP contribution in [0.15, 0.2) is 36.4 Å². The van der Waals surface area contributed by atoms with Gasteiger partial charge in [-0.1, -0.05) is 24.3 Å². The lowest BCUT2D eigenvalue weighted by atomic mass is 9.82. The highest BCUT2D eigenvalue weighted by molar-refractivity contribution is 6.30. The quantitative estimate of drug-likeness (QED) is 0.510. The molecule has 27 heavy (non-hydrogen) atoms. The first-order valence-corrected chi connectivity index (χ1v) is 8.35. The minimum atomic E-state index is -0.524. The zero-order chi connectivity index (χ0) is 19.6. The summed E-state index contributed by atoms with van der Waals surface area (Å²) in [5.41, 5.74) is 1.35. The number of methoxy groups -OCH3 is 2. The summed E-state index contributed by atoms with van der Waals surface area (Å²) in [4.78, 5) is 37.7. The average molecular weight is 366 g/mol. The third-order valence-electron chi connectivity index (χ3n) is 4.25. The third kappa shape index (κ3) is 3.10. The van der Waals surface area contributed by atoms with Gasteiger partial charge < -0.3 is 14.2 Å². The Bertz CT molecular complexity index is 971. The highest BCUT2D eigenvalue weighted by Gasteiger charge is 2.36. The Balaban J connectivity index is 2.23. The largest absolute Gasteiger partial charge is 0.496 e. The van der Waals surface area contributed by atoms with Crippen LogP contribution in [0.1, 0.15) is 44.3 Å². The minimum Gasteiger partial charge on any atom is -0.496 e. The highest BCUT2D eigenvalue weighted by Crippen LogP contribution is 2.41. The summed E-state index contributed by atoms with van der Waals surface area (Å²) in [5.74, 6) is -0.719. The van der Waals surface area contributed by atoms with Crippen molar-refractivity contribution in [1.29, 1.82) is 0 Å². The Kier molecular flexibility index (Phi) is 5.07. The van der Waals surface area contributed by atoms with Crippen LogP contribution in [0.25, 0.3) is 6.08 Å². The molecule has 6 nitrogen and oxygen atoms in total. The van der Waals surface area contributed by atoms with E-state index in [9.17, 15) is 14.4 Å². The molecule has 138 valence electrons. The highest BCUT2D eigenvalue weighted by atomic mass is 16.5. The van der Waals surface area contributed by atoms with Crippen LogP contribution in [0.3, 0.4) is 0 Å². The number of ether oxygens (including phenoxy) is 3. The molecule has 2 aromatic carbocycles. The molecule has 2 aromatic rings. The lowest BCUT2D eigenvalue weighted by Crippen LogP contribution is -2.23. The normalized spacial score (nSPS) is 12.6. The molecular weight excluding hydrogens is 348 g/mol. The van der Waals surface area contributed by atoms with E-state index >= 15 is 0 Å². The van der Waals surface area contributed by atoms with E-state index in [1.807, 2.05) is 0 Å². The zero-order valence-corrected chi connectivity index (χ0v) is 15.2. The molecule has 1 aliphatic rings. The molecule has 1 aliphatic carbocycles. The number of hydrogen-bond donors (Lipinski definition) is 0. The monoisotopic (exact) mass is 366 g/mol. The Morgan fingerprint density at radius 3 is 2.19 bits per heavy atom. The number of benzene rings is 2. The molecule has 0 fully saturated rings. The fourth-order valence-corrected chi connectivity index (χ4v) is 3.10. The van der Waals surface area contributed by atoms with Gasteiger partial charge in [0.1, 0.15) is 11.5 Å². The van der Waals surface area contributed by atoms with Crippen molar-refractivity contribution in [2.45, 2.75) is 6.92 Å². The average Bonchev–Trinajstić information content (AvgIpc) is 2.69. The lowest BCUT2D eigenvalue weighted by molar-refractivity contribution is -0.137. The van der Waals surface area contributed by atoms with Crippen LogP contribution in [0, 0.1) is 0 Å². The predicted molar refractivity (Wildman–Crippen MR) is 98.5 cm³/mol. The number of rotatable bonds is 5. The van der Waals surface area contributed by atoms with Gasteiger partial charge in [0.2, 0.25) is 0 Å². The minimum absolute atomic E-state index is 0.129. The Hall–Kier alpha value is -3.41. The van der Waals surface area contributed by atoms with E-state index in [0.717, 1.165) is 0 Å². The maximum Gasteiger partial charge on any atom is 0.330 e. The molecule has 0 atom stereocenters. The van der Waals surface area contributed by atoms with Crippen LogP contribution in [0.4, 0.5) is 0 Å². The van der Waals surface area contributed by atoms with Crippen molar-refractivity contribution in [3.05, 3.63) is 64.2 Å². The van der Waals surface area contributed by atoms with Crippen molar-refractivity contribution in [3.63, 3.8) is 0 Å². The number of esters is 1. The second-order valence-electron chi connectivity index (χ2n) is 5.74. The summed E-state index contributed by atoms with van der Waals surface area (Å²) in [5, 5.41) is 0. The van der Waals surface area contributed by atoms with E-state index < -0.39 is 5.97 Å². The van der Waals surface area contributed by atoms with Crippen LogP contribution in [0.2, 0.25) is 0 Å². The van der Waals surface area contributed by atoms with Gasteiger partial charge in [0.15, 0.2) is 11.6 Å². The molecule has 0 aliphatic heterocycles. The van der Waals surface area contributed by atoms with Crippen molar-refractivity contribution in [2.24, 2.45) is 0 Å². The summed E-state index contributed by atoms with van der Waals surface area (Å²) in [6.45, 7) is 1.95. The Morgan fingerprint density at radius 2 is 1.63 bits per heavy atom. The smallest absolute Gasteiger partial charge is 0.330 e. The number of fused-ring (bicyclic) bond motifs is 2. The number of ketones is 2. The first-order chi connectivity index (χ1) is 13.0. The van der Waals surface area contributed by atoms with Crippen molar-refractivity contribution in [1.82, 2.24) is 0 Å². The van der Waals surface area contributed by atoms with Gasteiger partial charge in [-0.15, -0.1) is 0 Å². The van der Waals surface area contributed by atoms with Gasteiger partial charge in [0.25, 0.3) is 0 Å². The van der Waals surface area contributed by atoms with E-state index in [1.165, 1.54) is 26.4 Å². The summed E-state index contributed by atoms with van der Waals surface area (Å²) in [7, 11) is 2.82. The van der Waals surface area contributed by atoms with E-state index in [1.54, 1.807) is 37.3 Å². The molecule has 0 saturated carbocycles. The molecule has 0 bridgehead atoms. The zero-order valence-electron chi connectivity index (χ0n) is 15.2. The second kappa shape index (κ2) is 7.45. The molecule has 3 rings (SSSR count). The number of hydrogen-bond acceptors (Lipinski definition) is 6. The first-order valence-electron chi connectivity index (χ1n) is 8.35. The molecule has 0 radical (unpaired) electrons. The second-order valence-corrected chi connectivity index (χ2v) is 5.74. The van der Waals surface area contributed by atoms with Crippen LogP contribution in [-0.2, 0) is 9.53 Å². The van der Waals surface area contributed by atoms with E-state index in [0.29, 0.717) is 16.7 Å². The van der Waals surface area contributed by atoms with E-state index in [-0.39, 0.29) is 40.8 Å². The molecular formula is C21H18O6. The van der Waals surface area contributed by atoms with Crippen LogP contribution in [-0.4, -0.2) is 38.4 Å². The Morgan fingerprint density at radius 1 is 1.00 bits per heavy atom. The molecule has 0 spiro atoms. The SMILES string of the molecule is CCOC(=O)/C=C/c1cc(OC)c2c(c1OC)C(=O)c1ccccc1C2=O. The molecule has 0 N–H and O–H groups in total. The fraction of sp³-hybridized carbons (Fsp3) is 0.190. The molecule has 0 aromatic heterocycles. The molecule has 0 unspecified atom stereocenters. The first kappa shape index (κ1) is 18.4. The van der Waals surface area contributed by atoms with Crippen molar-refractivity contribution >= 4 is 23.6 Å². The predicted octanol–water partition coefficient (Wildman–Crippen LogP) is 3.06. The van der Waals surface area contributed by atoms with Gasteiger partial charge in [0.05, 0.1) is 32.0 Å². The van der Waals surface area contributed by atoms with Gasteiger partial charge >= 0.3 is 5.97 Å². The summed E-state index contributed by atoms with van der Waals surface area (Å²) < 4.78 is 15.7. The van der Waals surface area contributed by atoms with Crippen molar-refractivity contribution in [3.8, 4) is 11.5 Å². The van der Waals surface area contributed by atoms with Crippen molar-refractivity contribution in [2.75, 3.05) is 20.8 Å². The number of carbonyl (C=O) groups excluding carboxylic acids is 3. The van der Waals surface area contributed by atoms with Gasteiger partial charge in [-0.2, -0.15) is 0 Å². The standard InChI is InChI=1S/C21H18O6/c1-4-27-16(22)10-9-12-11-15(25-2)17-18(21(12)26-3)20(24)14-8-6-5-7-13(14)19(17)23/h5-11H,4H2,1-3H3/b10-9+. The van der Waals surface area contributed by atoms with E-state index in [2.05, 4.69) is 0 Å². The summed E-state index contributed by atoms with van der Waals surface area (Å²) in [6.07, 6.45) is 2.70. The Labute approximate surface area is 156 Å². The van der Waals surface area contributed by atoms with Crippen LogP contribution in [0.5, 0.6) is 11.5 Å². The van der Waals surface area contributed by atoms with Crippen LogP contribution >= 0.6 is 0 Å². The molecule has 0 heterocycles. The maximum atomic E-state index is 13.1. The molecule has 0 saturated heterocycles. The molecule has 6 heteroatoms. The fourth-order valence-electron chi connectivity index (χ4n) is 3.10. The van der Waals surface area contributed by atoms with Gasteiger partial charge in [0, 0.05) is 22.8 Å². The number of carbonyl (C=O) groups is 3. The lowest BCUT2D eigenvalue weighted by Gasteiger charge is -2.23. The third-order valence-corrected chi connectivity index (χ3v) is 4.25.